The quantitative estimate of drug-likeness (QED) is 0.403. The van der Waals surface area contributed by atoms with Gasteiger partial charge in [0.1, 0.15) is 6.54 Å². The molecule has 1 aromatic heterocycles. The molecule has 0 bridgehead atoms. The minimum atomic E-state index is -1.11. The zero-order valence-corrected chi connectivity index (χ0v) is 18.8. The summed E-state index contributed by atoms with van der Waals surface area (Å²) in [6.45, 7) is -0.333. The number of halogens is 2. The van der Waals surface area contributed by atoms with Crippen LogP contribution in [0.15, 0.2) is 71.7 Å². The van der Waals surface area contributed by atoms with E-state index in [0.29, 0.717) is 16.8 Å². The van der Waals surface area contributed by atoms with E-state index < -0.39 is 28.8 Å². The molecule has 0 spiro atoms. The van der Waals surface area contributed by atoms with Crippen LogP contribution in [0, 0.1) is 11.6 Å². The van der Waals surface area contributed by atoms with Gasteiger partial charge < -0.3 is 19.4 Å². The summed E-state index contributed by atoms with van der Waals surface area (Å²) in [6.07, 6.45) is 1.30. The highest BCUT2D eigenvalue weighted by Crippen LogP contribution is 2.31. The molecule has 178 valence electrons. The van der Waals surface area contributed by atoms with E-state index in [1.807, 2.05) is 0 Å². The Morgan fingerprint density at radius 1 is 0.914 bits per heavy atom. The lowest BCUT2D eigenvalue weighted by molar-refractivity contribution is -0.116. The highest BCUT2D eigenvalue weighted by atomic mass is 19.2. The smallest absolute Gasteiger partial charge is 0.244 e. The summed E-state index contributed by atoms with van der Waals surface area (Å²) in [6, 6.07) is 14.2. The number of benzene rings is 3. The third kappa shape index (κ3) is 4.74. The molecule has 35 heavy (non-hydrogen) atoms. The van der Waals surface area contributed by atoms with E-state index in [1.54, 1.807) is 30.3 Å². The number of aromatic nitrogens is 1. The molecular formula is C26H20F2N2O5. The van der Waals surface area contributed by atoms with E-state index in [4.69, 9.17) is 9.47 Å². The number of hydrogen-bond acceptors (Lipinski definition) is 5. The third-order valence-corrected chi connectivity index (χ3v) is 5.38. The van der Waals surface area contributed by atoms with Crippen LogP contribution in [0.5, 0.6) is 11.5 Å². The van der Waals surface area contributed by atoms with Gasteiger partial charge in [0.05, 0.1) is 30.7 Å². The minimum absolute atomic E-state index is 0.0547. The Hall–Kier alpha value is -4.53. The van der Waals surface area contributed by atoms with Crippen LogP contribution in [-0.2, 0) is 11.3 Å². The van der Waals surface area contributed by atoms with Crippen LogP contribution >= 0.6 is 0 Å². The lowest BCUT2D eigenvalue weighted by atomic mass is 10.0. The van der Waals surface area contributed by atoms with Crippen molar-refractivity contribution in [2.24, 2.45) is 0 Å². The van der Waals surface area contributed by atoms with Crippen molar-refractivity contribution >= 4 is 28.3 Å². The predicted molar refractivity (Wildman–Crippen MR) is 126 cm³/mol. The molecule has 0 saturated heterocycles. The lowest BCUT2D eigenvalue weighted by Crippen LogP contribution is -2.24. The number of carbonyl (C=O) groups excluding carboxylic acids is 2. The molecule has 0 aliphatic carbocycles. The first-order valence-electron chi connectivity index (χ1n) is 10.5. The Labute approximate surface area is 198 Å². The SMILES string of the molecule is COc1cc2c(=O)c(C(=O)c3ccccc3)cn(CC(=O)Nc3ccc(F)c(F)c3)c2cc1OC. The summed E-state index contributed by atoms with van der Waals surface area (Å²) in [4.78, 5) is 39.2. The van der Waals surface area contributed by atoms with Crippen molar-refractivity contribution in [3.63, 3.8) is 0 Å². The Morgan fingerprint density at radius 3 is 2.26 bits per heavy atom. The molecule has 0 radical (unpaired) electrons. The van der Waals surface area contributed by atoms with Crippen molar-refractivity contribution in [2.45, 2.75) is 6.54 Å². The van der Waals surface area contributed by atoms with E-state index in [-0.39, 0.29) is 28.9 Å². The van der Waals surface area contributed by atoms with E-state index in [1.165, 1.54) is 43.2 Å². The van der Waals surface area contributed by atoms with E-state index >= 15 is 0 Å². The summed E-state index contributed by atoms with van der Waals surface area (Å²) in [5.74, 6) is -2.66. The number of ether oxygens (including phenoxy) is 2. The van der Waals surface area contributed by atoms with Crippen LogP contribution in [0.3, 0.4) is 0 Å². The largest absolute Gasteiger partial charge is 0.493 e. The molecule has 0 aliphatic heterocycles. The van der Waals surface area contributed by atoms with Crippen molar-refractivity contribution in [3.8, 4) is 11.5 Å². The Morgan fingerprint density at radius 2 is 1.60 bits per heavy atom. The summed E-state index contributed by atoms with van der Waals surface area (Å²) in [5, 5.41) is 2.63. The Bertz CT molecular complexity index is 1500. The average molecular weight is 478 g/mol. The fourth-order valence-corrected chi connectivity index (χ4v) is 3.68. The Balaban J connectivity index is 1.82. The maximum atomic E-state index is 13.5. The lowest BCUT2D eigenvalue weighted by Gasteiger charge is -2.16. The van der Waals surface area contributed by atoms with Gasteiger partial charge in [-0.05, 0) is 18.2 Å². The average Bonchev–Trinajstić information content (AvgIpc) is 2.87. The molecule has 0 atom stereocenters. The molecule has 4 rings (SSSR count). The fraction of sp³-hybridized carbons (Fsp3) is 0.115. The van der Waals surface area contributed by atoms with Crippen LogP contribution < -0.4 is 20.2 Å². The second kappa shape index (κ2) is 9.76. The second-order valence-corrected chi connectivity index (χ2v) is 7.60. The van der Waals surface area contributed by atoms with Gasteiger partial charge in [-0.2, -0.15) is 0 Å². The first kappa shape index (κ1) is 23.6. The van der Waals surface area contributed by atoms with Gasteiger partial charge in [-0.1, -0.05) is 30.3 Å². The third-order valence-electron chi connectivity index (χ3n) is 5.38. The number of ketones is 1. The molecule has 0 unspecified atom stereocenters. The van der Waals surface area contributed by atoms with E-state index in [9.17, 15) is 23.2 Å². The van der Waals surface area contributed by atoms with Crippen LogP contribution in [-0.4, -0.2) is 30.5 Å². The molecule has 7 nitrogen and oxygen atoms in total. The zero-order valence-electron chi connectivity index (χ0n) is 18.8. The summed E-state index contributed by atoms with van der Waals surface area (Å²) >= 11 is 0. The van der Waals surface area contributed by atoms with Crippen molar-refractivity contribution in [3.05, 3.63) is 99.8 Å². The van der Waals surface area contributed by atoms with Gasteiger partial charge in [-0.3, -0.25) is 14.4 Å². The molecular weight excluding hydrogens is 458 g/mol. The first-order chi connectivity index (χ1) is 16.8. The standard InChI is InChI=1S/C26H20F2N2O5/c1-34-22-11-17-21(12-23(22)35-2)30(14-24(31)29-16-8-9-19(27)20(28)10-16)13-18(26(17)33)25(32)15-6-4-3-5-7-15/h3-13H,14H2,1-2H3,(H,29,31). The molecule has 1 N–H and O–H groups in total. The fourth-order valence-electron chi connectivity index (χ4n) is 3.68. The van der Waals surface area contributed by atoms with Gasteiger partial charge in [0.2, 0.25) is 11.3 Å². The number of pyridine rings is 1. The molecule has 4 aromatic rings. The van der Waals surface area contributed by atoms with Gasteiger partial charge in [0.15, 0.2) is 28.9 Å². The molecule has 0 fully saturated rings. The number of carbonyl (C=O) groups is 2. The van der Waals surface area contributed by atoms with E-state index in [2.05, 4.69) is 5.32 Å². The molecule has 1 heterocycles. The summed E-state index contributed by atoms with van der Waals surface area (Å²) < 4.78 is 38.8. The van der Waals surface area contributed by atoms with E-state index in [0.717, 1.165) is 12.1 Å². The zero-order chi connectivity index (χ0) is 25.1. The highest BCUT2D eigenvalue weighted by Gasteiger charge is 2.20. The molecule has 1 amide bonds. The minimum Gasteiger partial charge on any atom is -0.493 e. The Kier molecular flexibility index (Phi) is 6.59. The molecule has 9 heteroatoms. The maximum Gasteiger partial charge on any atom is 0.244 e. The second-order valence-electron chi connectivity index (χ2n) is 7.60. The van der Waals surface area contributed by atoms with Crippen molar-refractivity contribution < 1.29 is 27.8 Å². The van der Waals surface area contributed by atoms with Gasteiger partial charge in [0, 0.05) is 29.6 Å². The van der Waals surface area contributed by atoms with Crippen LogP contribution in [0.1, 0.15) is 15.9 Å². The normalized spacial score (nSPS) is 10.7. The molecule has 0 saturated carbocycles. The van der Waals surface area contributed by atoms with Crippen LogP contribution in [0.2, 0.25) is 0 Å². The number of hydrogen-bond donors (Lipinski definition) is 1. The number of fused-ring (bicyclic) bond motifs is 1. The summed E-state index contributed by atoms with van der Waals surface area (Å²) in [7, 11) is 2.84. The predicted octanol–water partition coefficient (Wildman–Crippen LogP) is 4.17. The first-order valence-corrected chi connectivity index (χ1v) is 10.5. The topological polar surface area (TPSA) is 86.6 Å². The van der Waals surface area contributed by atoms with Crippen molar-refractivity contribution in [1.29, 1.82) is 0 Å². The number of amides is 1. The number of anilines is 1. The summed E-state index contributed by atoms with van der Waals surface area (Å²) in [5.41, 5.74) is 0.00242. The molecule has 0 aliphatic rings. The number of rotatable bonds is 7. The van der Waals surface area contributed by atoms with Gasteiger partial charge >= 0.3 is 0 Å². The van der Waals surface area contributed by atoms with Crippen molar-refractivity contribution in [2.75, 3.05) is 19.5 Å². The van der Waals surface area contributed by atoms with Crippen LogP contribution in [0.25, 0.3) is 10.9 Å². The van der Waals surface area contributed by atoms with Gasteiger partial charge in [-0.15, -0.1) is 0 Å². The molecule has 3 aromatic carbocycles. The van der Waals surface area contributed by atoms with Crippen LogP contribution in [0.4, 0.5) is 14.5 Å². The van der Waals surface area contributed by atoms with Crippen molar-refractivity contribution in [1.82, 2.24) is 4.57 Å². The number of nitrogens with one attached hydrogen (secondary N) is 1. The monoisotopic (exact) mass is 478 g/mol. The number of methoxy groups -OCH3 is 2. The maximum absolute atomic E-state index is 13.5. The highest BCUT2D eigenvalue weighted by molar-refractivity contribution is 6.10. The van der Waals surface area contributed by atoms with Gasteiger partial charge in [-0.25, -0.2) is 8.78 Å². The van der Waals surface area contributed by atoms with Gasteiger partial charge in [0.25, 0.3) is 0 Å². The number of nitrogens with zero attached hydrogens (tertiary/aromatic N) is 1.